The lowest BCUT2D eigenvalue weighted by Crippen LogP contribution is -2.36. The van der Waals surface area contributed by atoms with Gasteiger partial charge in [0.05, 0.1) is 18.8 Å². The zero-order chi connectivity index (χ0) is 20.0. The minimum atomic E-state index is -4.42. The highest BCUT2D eigenvalue weighted by atomic mass is 127. The molecule has 0 fully saturated rings. The van der Waals surface area contributed by atoms with E-state index in [4.69, 9.17) is 0 Å². The van der Waals surface area contributed by atoms with E-state index in [0.29, 0.717) is 24.1 Å². The van der Waals surface area contributed by atoms with Gasteiger partial charge in [0.25, 0.3) is 0 Å². The van der Waals surface area contributed by atoms with Crippen LogP contribution in [0.2, 0.25) is 0 Å². The first-order valence-corrected chi connectivity index (χ1v) is 10.2. The molecule has 0 aliphatic rings. The molecule has 2 N–H and O–H groups in total. The SMILES string of the molecule is CCNC(=NCc1csc(-c2ccccc2)n1)NCc1nc(C(F)(F)F)cs1.I. The van der Waals surface area contributed by atoms with E-state index >= 15 is 0 Å². The molecule has 156 valence electrons. The van der Waals surface area contributed by atoms with Gasteiger partial charge in [-0.15, -0.1) is 46.7 Å². The summed E-state index contributed by atoms with van der Waals surface area (Å²) in [4.78, 5) is 12.6. The summed E-state index contributed by atoms with van der Waals surface area (Å²) in [7, 11) is 0. The van der Waals surface area contributed by atoms with Gasteiger partial charge >= 0.3 is 6.18 Å². The summed E-state index contributed by atoms with van der Waals surface area (Å²) >= 11 is 2.51. The van der Waals surface area contributed by atoms with Crippen LogP contribution in [-0.4, -0.2) is 22.5 Å². The normalized spacial score (nSPS) is 11.8. The highest BCUT2D eigenvalue weighted by Crippen LogP contribution is 2.30. The Morgan fingerprint density at radius 1 is 1.07 bits per heavy atom. The molecule has 0 unspecified atom stereocenters. The Morgan fingerprint density at radius 3 is 2.48 bits per heavy atom. The summed E-state index contributed by atoms with van der Waals surface area (Å²) in [6.07, 6.45) is -4.42. The Balaban J connectivity index is 0.00000300. The Labute approximate surface area is 191 Å². The van der Waals surface area contributed by atoms with Gasteiger partial charge in [0.15, 0.2) is 11.7 Å². The third kappa shape index (κ3) is 6.93. The van der Waals surface area contributed by atoms with E-state index in [0.717, 1.165) is 33.0 Å². The van der Waals surface area contributed by atoms with Crippen LogP contribution in [0, 0.1) is 0 Å². The molecular formula is C18H19F3IN5S2. The molecule has 29 heavy (non-hydrogen) atoms. The van der Waals surface area contributed by atoms with Crippen molar-refractivity contribution in [1.82, 2.24) is 20.6 Å². The predicted octanol–water partition coefficient (Wildman–Crippen LogP) is 5.16. The van der Waals surface area contributed by atoms with Crippen LogP contribution in [0.25, 0.3) is 10.6 Å². The van der Waals surface area contributed by atoms with Crippen LogP contribution in [0.1, 0.15) is 23.3 Å². The second kappa shape index (κ2) is 10.9. The minimum absolute atomic E-state index is 0. The van der Waals surface area contributed by atoms with Gasteiger partial charge in [0.1, 0.15) is 10.0 Å². The number of aliphatic imine (C=N–C) groups is 1. The lowest BCUT2D eigenvalue weighted by atomic mass is 10.2. The number of nitrogens with one attached hydrogen (secondary N) is 2. The zero-order valence-electron chi connectivity index (χ0n) is 15.4. The standard InChI is InChI=1S/C18H18F3N5S2.HI/c1-2-22-17(24-9-15-26-14(11-27-15)18(19,20)21)23-8-13-10-28-16(25-13)12-6-4-3-5-7-12;/h3-7,10-11H,2,8-9H2,1H3,(H2,22,23,24);1H. The molecular weight excluding hydrogens is 534 g/mol. The third-order valence-corrected chi connectivity index (χ3v) is 5.35. The topological polar surface area (TPSA) is 62.2 Å². The van der Waals surface area contributed by atoms with Gasteiger partial charge in [-0.25, -0.2) is 15.0 Å². The molecule has 2 heterocycles. The Hall–Kier alpha value is -1.73. The molecule has 0 atom stereocenters. The van der Waals surface area contributed by atoms with Gasteiger partial charge in [-0.2, -0.15) is 13.2 Å². The largest absolute Gasteiger partial charge is 0.434 e. The number of aromatic nitrogens is 2. The number of thiazole rings is 2. The first-order valence-electron chi connectivity index (χ1n) is 8.49. The molecule has 0 radical (unpaired) electrons. The van der Waals surface area contributed by atoms with Crippen molar-refractivity contribution in [3.63, 3.8) is 0 Å². The molecule has 0 aliphatic carbocycles. The minimum Gasteiger partial charge on any atom is -0.357 e. The van der Waals surface area contributed by atoms with Crippen molar-refractivity contribution in [1.29, 1.82) is 0 Å². The van der Waals surface area contributed by atoms with Crippen molar-refractivity contribution in [2.75, 3.05) is 6.54 Å². The molecule has 0 spiro atoms. The van der Waals surface area contributed by atoms with Gasteiger partial charge in [0, 0.05) is 22.9 Å². The van der Waals surface area contributed by atoms with Crippen LogP contribution >= 0.6 is 46.7 Å². The van der Waals surface area contributed by atoms with E-state index < -0.39 is 11.9 Å². The first-order chi connectivity index (χ1) is 13.5. The van der Waals surface area contributed by atoms with Crippen LogP contribution in [0.5, 0.6) is 0 Å². The fourth-order valence-corrected chi connectivity index (χ4v) is 3.83. The van der Waals surface area contributed by atoms with Crippen LogP contribution in [0.3, 0.4) is 0 Å². The lowest BCUT2D eigenvalue weighted by molar-refractivity contribution is -0.140. The van der Waals surface area contributed by atoms with Crippen molar-refractivity contribution >= 4 is 52.6 Å². The molecule has 3 rings (SSSR count). The molecule has 0 bridgehead atoms. The summed E-state index contributed by atoms with van der Waals surface area (Å²) in [5, 5.41) is 10.3. The van der Waals surface area contributed by atoms with Crippen molar-refractivity contribution < 1.29 is 13.2 Å². The fraction of sp³-hybridized carbons (Fsp3) is 0.278. The smallest absolute Gasteiger partial charge is 0.357 e. The van der Waals surface area contributed by atoms with Crippen LogP contribution in [0.4, 0.5) is 13.2 Å². The molecule has 0 saturated carbocycles. The van der Waals surface area contributed by atoms with Crippen molar-refractivity contribution in [2.45, 2.75) is 26.2 Å². The van der Waals surface area contributed by atoms with Gasteiger partial charge in [0.2, 0.25) is 0 Å². The van der Waals surface area contributed by atoms with Crippen LogP contribution in [-0.2, 0) is 19.3 Å². The number of halogens is 4. The van der Waals surface area contributed by atoms with Gasteiger partial charge < -0.3 is 10.6 Å². The second-order valence-electron chi connectivity index (χ2n) is 5.68. The van der Waals surface area contributed by atoms with Crippen LogP contribution in [0.15, 0.2) is 46.1 Å². The number of hydrogen-bond donors (Lipinski definition) is 2. The summed E-state index contributed by atoms with van der Waals surface area (Å²) in [6, 6.07) is 9.88. The maximum Gasteiger partial charge on any atom is 0.434 e. The summed E-state index contributed by atoms with van der Waals surface area (Å²) in [5.74, 6) is 0.500. The van der Waals surface area contributed by atoms with Crippen LogP contribution < -0.4 is 10.6 Å². The van der Waals surface area contributed by atoms with Crippen molar-refractivity contribution in [2.24, 2.45) is 4.99 Å². The summed E-state index contributed by atoms with van der Waals surface area (Å²) in [6.45, 7) is 3.08. The maximum atomic E-state index is 12.6. The average molecular weight is 553 g/mol. The number of nitrogens with zero attached hydrogens (tertiary/aromatic N) is 3. The molecule has 11 heteroatoms. The highest BCUT2D eigenvalue weighted by molar-refractivity contribution is 14.0. The molecule has 0 aliphatic heterocycles. The van der Waals surface area contributed by atoms with E-state index in [9.17, 15) is 13.2 Å². The number of rotatable bonds is 6. The Kier molecular flexibility index (Phi) is 8.83. The average Bonchev–Trinajstić information content (AvgIpc) is 3.34. The molecule has 0 amide bonds. The lowest BCUT2D eigenvalue weighted by Gasteiger charge is -2.09. The van der Waals surface area contributed by atoms with Crippen molar-refractivity contribution in [3.05, 3.63) is 57.5 Å². The highest BCUT2D eigenvalue weighted by Gasteiger charge is 2.33. The van der Waals surface area contributed by atoms with E-state index in [-0.39, 0.29) is 30.5 Å². The molecule has 1 aromatic carbocycles. The number of hydrogen-bond acceptors (Lipinski definition) is 5. The van der Waals surface area contributed by atoms with Gasteiger partial charge in [-0.1, -0.05) is 30.3 Å². The molecule has 5 nitrogen and oxygen atoms in total. The summed E-state index contributed by atoms with van der Waals surface area (Å²) < 4.78 is 37.9. The van der Waals surface area contributed by atoms with Gasteiger partial charge in [-0.3, -0.25) is 0 Å². The molecule has 0 saturated heterocycles. The Bertz CT molecular complexity index is 925. The quantitative estimate of drug-likeness (QED) is 0.252. The predicted molar refractivity (Wildman–Crippen MR) is 122 cm³/mol. The number of benzene rings is 1. The maximum absolute atomic E-state index is 12.6. The van der Waals surface area contributed by atoms with E-state index in [1.165, 1.54) is 0 Å². The number of alkyl halides is 3. The third-order valence-electron chi connectivity index (χ3n) is 3.57. The zero-order valence-corrected chi connectivity index (χ0v) is 19.3. The Morgan fingerprint density at radius 2 is 1.83 bits per heavy atom. The van der Waals surface area contributed by atoms with E-state index in [2.05, 4.69) is 25.6 Å². The second-order valence-corrected chi connectivity index (χ2v) is 7.48. The first kappa shape index (κ1) is 23.5. The van der Waals surface area contributed by atoms with E-state index in [1.807, 2.05) is 42.6 Å². The van der Waals surface area contributed by atoms with E-state index in [1.54, 1.807) is 11.3 Å². The monoisotopic (exact) mass is 553 g/mol. The fourth-order valence-electron chi connectivity index (χ4n) is 2.28. The number of guanidine groups is 1. The molecule has 2 aromatic heterocycles. The molecule has 3 aromatic rings. The van der Waals surface area contributed by atoms with Crippen molar-refractivity contribution in [3.8, 4) is 10.6 Å². The van der Waals surface area contributed by atoms with Gasteiger partial charge in [-0.05, 0) is 6.92 Å². The summed E-state index contributed by atoms with van der Waals surface area (Å²) in [5.41, 5.74) is 1.01.